The van der Waals surface area contributed by atoms with E-state index in [1.807, 2.05) is 12.1 Å². The van der Waals surface area contributed by atoms with Gasteiger partial charge in [-0.2, -0.15) is 5.10 Å². The number of ketones is 1. The van der Waals surface area contributed by atoms with Gasteiger partial charge in [0.05, 0.1) is 24.9 Å². The summed E-state index contributed by atoms with van der Waals surface area (Å²) in [4.78, 5) is 24.8. The molecule has 0 spiro atoms. The summed E-state index contributed by atoms with van der Waals surface area (Å²) >= 11 is 6.19. The highest BCUT2D eigenvalue weighted by atomic mass is 35.5. The average Bonchev–Trinajstić information content (AvgIpc) is 2.69. The van der Waals surface area contributed by atoms with Crippen LogP contribution in [-0.4, -0.2) is 29.8 Å². The van der Waals surface area contributed by atoms with Gasteiger partial charge in [0.2, 0.25) is 0 Å². The van der Waals surface area contributed by atoms with Gasteiger partial charge in [0.25, 0.3) is 5.56 Å². The maximum absolute atomic E-state index is 12.6. The number of methoxy groups -OCH3 is 2. The van der Waals surface area contributed by atoms with Gasteiger partial charge in [-0.1, -0.05) is 29.8 Å². The van der Waals surface area contributed by atoms with E-state index in [2.05, 4.69) is 5.10 Å². The van der Waals surface area contributed by atoms with Crippen LogP contribution in [0.25, 0.3) is 11.3 Å². The fourth-order valence-electron chi connectivity index (χ4n) is 2.61. The van der Waals surface area contributed by atoms with Crippen molar-refractivity contribution in [2.75, 3.05) is 14.2 Å². The Kier molecular flexibility index (Phi) is 5.57. The van der Waals surface area contributed by atoms with Crippen molar-refractivity contribution in [2.45, 2.75) is 6.54 Å². The third-order valence-corrected chi connectivity index (χ3v) is 4.34. The molecular weight excluding hydrogens is 368 g/mol. The molecule has 0 aliphatic heterocycles. The summed E-state index contributed by atoms with van der Waals surface area (Å²) in [5.41, 5.74) is 1.22. The van der Waals surface area contributed by atoms with Gasteiger partial charge < -0.3 is 9.47 Å². The molecule has 3 aromatic rings. The maximum Gasteiger partial charge on any atom is 0.267 e. The monoisotopic (exact) mass is 384 g/mol. The lowest BCUT2D eigenvalue weighted by atomic mass is 10.1. The molecule has 0 fully saturated rings. The van der Waals surface area contributed by atoms with Gasteiger partial charge in [-0.3, -0.25) is 9.59 Å². The summed E-state index contributed by atoms with van der Waals surface area (Å²) in [7, 11) is 3.01. The van der Waals surface area contributed by atoms with E-state index in [-0.39, 0.29) is 17.9 Å². The molecule has 2 aromatic carbocycles. The molecule has 0 aliphatic carbocycles. The normalized spacial score (nSPS) is 10.5. The second-order valence-electron chi connectivity index (χ2n) is 5.69. The first-order valence-electron chi connectivity index (χ1n) is 8.12. The van der Waals surface area contributed by atoms with Crippen molar-refractivity contribution in [3.63, 3.8) is 0 Å². The molecule has 0 amide bonds. The lowest BCUT2D eigenvalue weighted by Crippen LogP contribution is -2.26. The van der Waals surface area contributed by atoms with Crippen LogP contribution in [0.4, 0.5) is 0 Å². The third-order valence-electron chi connectivity index (χ3n) is 4.02. The number of ether oxygens (including phenoxy) is 2. The Labute approximate surface area is 160 Å². The SMILES string of the molecule is COc1ccc(C(=O)Cn2nc(-c3ccccc3Cl)ccc2=O)cc1OC. The van der Waals surface area contributed by atoms with Crippen molar-refractivity contribution in [3.05, 3.63) is 75.5 Å². The first kappa shape index (κ1) is 18.7. The molecule has 7 heteroatoms. The van der Waals surface area contributed by atoms with E-state index in [1.54, 1.807) is 36.4 Å². The van der Waals surface area contributed by atoms with Gasteiger partial charge in [-0.25, -0.2) is 4.68 Å². The number of rotatable bonds is 6. The lowest BCUT2D eigenvalue weighted by molar-refractivity contribution is 0.0965. The second-order valence-corrected chi connectivity index (χ2v) is 6.09. The number of aromatic nitrogens is 2. The molecule has 6 nitrogen and oxygen atoms in total. The van der Waals surface area contributed by atoms with Crippen LogP contribution in [0.1, 0.15) is 10.4 Å². The molecular formula is C20H17ClN2O4. The van der Waals surface area contributed by atoms with Crippen molar-refractivity contribution in [3.8, 4) is 22.8 Å². The minimum atomic E-state index is -0.375. The van der Waals surface area contributed by atoms with Crippen LogP contribution in [0.15, 0.2) is 59.4 Å². The lowest BCUT2D eigenvalue weighted by Gasteiger charge is -2.10. The van der Waals surface area contributed by atoms with Crippen molar-refractivity contribution in [2.24, 2.45) is 0 Å². The Morgan fingerprint density at radius 2 is 1.78 bits per heavy atom. The molecule has 0 bridgehead atoms. The molecule has 1 aromatic heterocycles. The van der Waals surface area contributed by atoms with Crippen molar-refractivity contribution in [1.29, 1.82) is 0 Å². The molecule has 3 rings (SSSR count). The van der Waals surface area contributed by atoms with E-state index in [1.165, 1.54) is 20.3 Å². The van der Waals surface area contributed by atoms with Gasteiger partial charge in [0.15, 0.2) is 17.3 Å². The molecule has 1 heterocycles. The quantitative estimate of drug-likeness (QED) is 0.609. The van der Waals surface area contributed by atoms with E-state index in [9.17, 15) is 9.59 Å². The zero-order valence-corrected chi connectivity index (χ0v) is 15.6. The fourth-order valence-corrected chi connectivity index (χ4v) is 2.84. The van der Waals surface area contributed by atoms with Gasteiger partial charge in [0, 0.05) is 17.2 Å². The zero-order valence-electron chi connectivity index (χ0n) is 14.8. The smallest absolute Gasteiger partial charge is 0.267 e. The Hall–Kier alpha value is -3.12. The Balaban J connectivity index is 1.92. The van der Waals surface area contributed by atoms with Crippen LogP contribution in [0.5, 0.6) is 11.5 Å². The second kappa shape index (κ2) is 8.05. The van der Waals surface area contributed by atoms with Crippen molar-refractivity contribution < 1.29 is 14.3 Å². The average molecular weight is 385 g/mol. The number of Topliss-reactive ketones (excluding diaryl/α,β-unsaturated/α-hetero) is 1. The van der Waals surface area contributed by atoms with Gasteiger partial charge >= 0.3 is 0 Å². The summed E-state index contributed by atoms with van der Waals surface area (Å²) < 4.78 is 11.5. The summed E-state index contributed by atoms with van der Waals surface area (Å²) in [6.07, 6.45) is 0. The van der Waals surface area contributed by atoms with Gasteiger partial charge in [-0.05, 0) is 30.3 Å². The topological polar surface area (TPSA) is 70.4 Å². The molecule has 138 valence electrons. The van der Waals surface area contributed by atoms with E-state index in [0.717, 1.165) is 4.68 Å². The van der Waals surface area contributed by atoms with Crippen LogP contribution in [0.3, 0.4) is 0 Å². The fraction of sp³-hybridized carbons (Fsp3) is 0.150. The van der Waals surface area contributed by atoms with Crippen LogP contribution in [0, 0.1) is 0 Å². The van der Waals surface area contributed by atoms with E-state index < -0.39 is 0 Å². The molecule has 0 radical (unpaired) electrons. The zero-order chi connectivity index (χ0) is 19.4. The minimum absolute atomic E-state index is 0.202. The number of carbonyl (C=O) groups excluding carboxylic acids is 1. The number of halogens is 1. The number of nitrogens with zero attached hydrogens (tertiary/aromatic N) is 2. The Bertz CT molecular complexity index is 1050. The molecule has 0 aliphatic rings. The van der Waals surface area contributed by atoms with Crippen LogP contribution in [-0.2, 0) is 6.54 Å². The first-order valence-corrected chi connectivity index (χ1v) is 8.49. The predicted octanol–water partition coefficient (Wildman–Crippen LogP) is 3.46. The highest BCUT2D eigenvalue weighted by Gasteiger charge is 2.14. The number of hydrogen-bond acceptors (Lipinski definition) is 5. The van der Waals surface area contributed by atoms with Crippen LogP contribution >= 0.6 is 11.6 Å². The Morgan fingerprint density at radius 1 is 1.04 bits per heavy atom. The van der Waals surface area contributed by atoms with Crippen LogP contribution in [0.2, 0.25) is 5.02 Å². The highest BCUT2D eigenvalue weighted by molar-refractivity contribution is 6.33. The minimum Gasteiger partial charge on any atom is -0.493 e. The number of benzene rings is 2. The summed E-state index contributed by atoms with van der Waals surface area (Å²) in [5, 5.41) is 4.80. The third kappa shape index (κ3) is 4.01. The van der Waals surface area contributed by atoms with E-state index in [4.69, 9.17) is 21.1 Å². The van der Waals surface area contributed by atoms with E-state index >= 15 is 0 Å². The highest BCUT2D eigenvalue weighted by Crippen LogP contribution is 2.28. The molecule has 0 atom stereocenters. The molecule has 0 N–H and O–H groups in total. The van der Waals surface area contributed by atoms with Gasteiger partial charge in [0.1, 0.15) is 6.54 Å². The molecule has 0 saturated heterocycles. The maximum atomic E-state index is 12.6. The van der Waals surface area contributed by atoms with Gasteiger partial charge in [-0.15, -0.1) is 0 Å². The summed E-state index contributed by atoms with van der Waals surface area (Å²) in [6.45, 7) is -0.202. The summed E-state index contributed by atoms with van der Waals surface area (Å²) in [6, 6.07) is 15.0. The van der Waals surface area contributed by atoms with E-state index in [0.29, 0.717) is 33.3 Å². The molecule has 0 unspecified atom stereocenters. The molecule has 27 heavy (non-hydrogen) atoms. The Morgan fingerprint density at radius 3 is 2.48 bits per heavy atom. The standard InChI is InChI=1S/C20H17ClN2O4/c1-26-18-9-7-13(11-19(18)27-2)17(24)12-23-20(25)10-8-16(22-23)14-5-3-4-6-15(14)21/h3-11H,12H2,1-2H3. The predicted molar refractivity (Wildman–Crippen MR) is 103 cm³/mol. The largest absolute Gasteiger partial charge is 0.493 e. The first-order chi connectivity index (χ1) is 13.0. The number of carbonyl (C=O) groups is 1. The molecule has 0 saturated carbocycles. The van der Waals surface area contributed by atoms with Crippen LogP contribution < -0.4 is 15.0 Å². The van der Waals surface area contributed by atoms with Crippen molar-refractivity contribution in [1.82, 2.24) is 9.78 Å². The number of hydrogen-bond donors (Lipinski definition) is 0. The van der Waals surface area contributed by atoms with Crippen molar-refractivity contribution >= 4 is 17.4 Å². The summed E-state index contributed by atoms with van der Waals surface area (Å²) in [5.74, 6) is 0.681.